The highest BCUT2D eigenvalue weighted by molar-refractivity contribution is 7.98. The molecule has 20 heavy (non-hydrogen) atoms. The minimum absolute atomic E-state index is 0.0776. The van der Waals surface area contributed by atoms with Gasteiger partial charge in [-0.15, -0.1) is 0 Å². The molecule has 0 bridgehead atoms. The predicted octanol–water partition coefficient (Wildman–Crippen LogP) is 2.52. The predicted molar refractivity (Wildman–Crippen MR) is 84.2 cm³/mol. The normalized spacial score (nSPS) is 14.5. The van der Waals surface area contributed by atoms with E-state index >= 15 is 0 Å². The number of rotatable bonds is 7. The van der Waals surface area contributed by atoms with Gasteiger partial charge in [-0.1, -0.05) is 20.8 Å². The van der Waals surface area contributed by atoms with Crippen molar-refractivity contribution in [2.75, 3.05) is 25.6 Å². The summed E-state index contributed by atoms with van der Waals surface area (Å²) in [6.45, 7) is 8.13. The number of hydrogen-bond acceptors (Lipinski definition) is 3. The molecule has 5 nitrogen and oxygen atoms in total. The van der Waals surface area contributed by atoms with Gasteiger partial charge in [0.2, 0.25) is 0 Å². The SMILES string of the molecule is CSCC(C)N(C)C(=O)NCC(CC(C)(C)C)C(=O)O. The van der Waals surface area contributed by atoms with Crippen LogP contribution in [0.3, 0.4) is 0 Å². The van der Waals surface area contributed by atoms with E-state index in [0.29, 0.717) is 6.42 Å². The molecule has 0 rings (SSSR count). The molecule has 2 amide bonds. The topological polar surface area (TPSA) is 69.6 Å². The first kappa shape index (κ1) is 19.1. The van der Waals surface area contributed by atoms with Crippen LogP contribution < -0.4 is 5.32 Å². The number of nitrogens with one attached hydrogen (secondary N) is 1. The van der Waals surface area contributed by atoms with Crippen molar-refractivity contribution >= 4 is 23.8 Å². The van der Waals surface area contributed by atoms with Crippen LogP contribution in [-0.4, -0.2) is 53.6 Å². The highest BCUT2D eigenvalue weighted by Gasteiger charge is 2.25. The molecule has 0 aliphatic heterocycles. The summed E-state index contributed by atoms with van der Waals surface area (Å²) in [5, 5.41) is 11.9. The average molecular weight is 304 g/mol. The minimum Gasteiger partial charge on any atom is -0.481 e. The fourth-order valence-corrected chi connectivity index (χ4v) is 2.58. The molecule has 0 aromatic rings. The first-order chi connectivity index (χ1) is 9.08. The van der Waals surface area contributed by atoms with Gasteiger partial charge in [-0.2, -0.15) is 11.8 Å². The third-order valence-corrected chi connectivity index (χ3v) is 3.91. The summed E-state index contributed by atoms with van der Waals surface area (Å²) in [6.07, 6.45) is 2.53. The van der Waals surface area contributed by atoms with Gasteiger partial charge >= 0.3 is 12.0 Å². The van der Waals surface area contributed by atoms with E-state index in [0.717, 1.165) is 5.75 Å². The Morgan fingerprint density at radius 2 is 1.90 bits per heavy atom. The van der Waals surface area contributed by atoms with Gasteiger partial charge in [0.15, 0.2) is 0 Å². The van der Waals surface area contributed by atoms with E-state index in [-0.39, 0.29) is 24.0 Å². The van der Waals surface area contributed by atoms with Crippen molar-refractivity contribution in [3.8, 4) is 0 Å². The molecule has 0 saturated carbocycles. The molecule has 6 heteroatoms. The van der Waals surface area contributed by atoms with Gasteiger partial charge in [-0.3, -0.25) is 4.79 Å². The van der Waals surface area contributed by atoms with E-state index < -0.39 is 11.9 Å². The van der Waals surface area contributed by atoms with Crippen molar-refractivity contribution in [2.24, 2.45) is 11.3 Å². The quantitative estimate of drug-likeness (QED) is 0.758. The van der Waals surface area contributed by atoms with Crippen molar-refractivity contribution in [1.82, 2.24) is 10.2 Å². The third-order valence-electron chi connectivity index (χ3n) is 3.10. The fraction of sp³-hybridized carbons (Fsp3) is 0.857. The van der Waals surface area contributed by atoms with E-state index in [2.05, 4.69) is 5.32 Å². The van der Waals surface area contributed by atoms with Crippen molar-refractivity contribution in [2.45, 2.75) is 40.2 Å². The summed E-state index contributed by atoms with van der Waals surface area (Å²) in [4.78, 5) is 24.8. The lowest BCUT2D eigenvalue weighted by Crippen LogP contribution is -2.45. The van der Waals surface area contributed by atoms with E-state index in [1.807, 2.05) is 34.0 Å². The van der Waals surface area contributed by atoms with Crippen molar-refractivity contribution < 1.29 is 14.7 Å². The summed E-state index contributed by atoms with van der Waals surface area (Å²) in [5.41, 5.74) is -0.0776. The summed E-state index contributed by atoms with van der Waals surface area (Å²) < 4.78 is 0. The van der Waals surface area contributed by atoms with Crippen molar-refractivity contribution in [3.05, 3.63) is 0 Å². The Morgan fingerprint density at radius 1 is 1.35 bits per heavy atom. The number of hydrogen-bond donors (Lipinski definition) is 2. The largest absolute Gasteiger partial charge is 0.481 e. The Morgan fingerprint density at radius 3 is 2.30 bits per heavy atom. The second kappa shape index (κ2) is 8.39. The van der Waals surface area contributed by atoms with Crippen LogP contribution >= 0.6 is 11.8 Å². The molecular formula is C14H28N2O3S. The number of nitrogens with zero attached hydrogens (tertiary/aromatic N) is 1. The molecule has 0 spiro atoms. The number of urea groups is 1. The molecule has 2 unspecified atom stereocenters. The highest BCUT2D eigenvalue weighted by Crippen LogP contribution is 2.24. The van der Waals surface area contributed by atoms with Gasteiger partial charge in [0.1, 0.15) is 0 Å². The van der Waals surface area contributed by atoms with E-state index in [1.165, 1.54) is 0 Å². The Kier molecular flexibility index (Phi) is 8.01. The number of carbonyl (C=O) groups excluding carboxylic acids is 1. The first-order valence-electron chi connectivity index (χ1n) is 6.81. The smallest absolute Gasteiger partial charge is 0.317 e. The molecule has 0 aliphatic rings. The molecule has 0 aliphatic carbocycles. The van der Waals surface area contributed by atoms with Crippen LogP contribution in [-0.2, 0) is 4.79 Å². The van der Waals surface area contributed by atoms with E-state index in [4.69, 9.17) is 0 Å². The first-order valence-corrected chi connectivity index (χ1v) is 8.20. The van der Waals surface area contributed by atoms with Crippen LogP contribution in [0.15, 0.2) is 0 Å². The van der Waals surface area contributed by atoms with E-state index in [1.54, 1.807) is 23.7 Å². The molecule has 0 radical (unpaired) electrons. The molecule has 0 saturated heterocycles. The lowest BCUT2D eigenvalue weighted by Gasteiger charge is -2.27. The summed E-state index contributed by atoms with van der Waals surface area (Å²) in [7, 11) is 1.73. The zero-order valence-corrected chi connectivity index (χ0v) is 14.2. The number of amides is 2. The summed E-state index contributed by atoms with van der Waals surface area (Å²) in [6, 6.07) is -0.0948. The summed E-state index contributed by atoms with van der Waals surface area (Å²) in [5.74, 6) is -0.558. The molecular weight excluding hydrogens is 276 g/mol. The van der Waals surface area contributed by atoms with Crippen molar-refractivity contribution in [3.63, 3.8) is 0 Å². The Balaban J connectivity index is 4.41. The number of thioether (sulfide) groups is 1. The zero-order valence-electron chi connectivity index (χ0n) is 13.4. The van der Waals surface area contributed by atoms with Crippen LogP contribution in [0.25, 0.3) is 0 Å². The lowest BCUT2D eigenvalue weighted by molar-refractivity contribution is -0.142. The maximum absolute atomic E-state index is 12.0. The Bertz CT molecular complexity index is 329. The van der Waals surface area contributed by atoms with Gasteiger partial charge in [0, 0.05) is 25.4 Å². The van der Waals surface area contributed by atoms with Gasteiger partial charge in [0.25, 0.3) is 0 Å². The molecule has 118 valence electrons. The molecule has 0 aromatic heterocycles. The van der Waals surface area contributed by atoms with Crippen LogP contribution in [0.4, 0.5) is 4.79 Å². The zero-order chi connectivity index (χ0) is 15.9. The van der Waals surface area contributed by atoms with Crippen LogP contribution in [0.2, 0.25) is 0 Å². The minimum atomic E-state index is -0.861. The maximum atomic E-state index is 12.0. The van der Waals surface area contributed by atoms with Gasteiger partial charge in [0.05, 0.1) is 5.92 Å². The molecule has 2 atom stereocenters. The fourth-order valence-electron chi connectivity index (χ4n) is 1.87. The Hall–Kier alpha value is -0.910. The second-order valence-electron chi connectivity index (χ2n) is 6.40. The van der Waals surface area contributed by atoms with Gasteiger partial charge in [-0.25, -0.2) is 4.79 Å². The molecule has 0 aromatic carbocycles. The van der Waals surface area contributed by atoms with Crippen LogP contribution in [0.1, 0.15) is 34.1 Å². The van der Waals surface area contributed by atoms with Crippen LogP contribution in [0, 0.1) is 11.3 Å². The second-order valence-corrected chi connectivity index (χ2v) is 7.31. The number of carboxylic acid groups (broad SMARTS) is 1. The summed E-state index contributed by atoms with van der Waals surface area (Å²) >= 11 is 1.68. The monoisotopic (exact) mass is 304 g/mol. The third kappa shape index (κ3) is 7.62. The molecule has 0 heterocycles. The van der Waals surface area contributed by atoms with Crippen LogP contribution in [0.5, 0.6) is 0 Å². The maximum Gasteiger partial charge on any atom is 0.317 e. The number of carbonyl (C=O) groups is 2. The highest BCUT2D eigenvalue weighted by atomic mass is 32.2. The number of carboxylic acids is 1. The Labute approximate surface area is 126 Å². The molecule has 0 fully saturated rings. The van der Waals surface area contributed by atoms with E-state index in [9.17, 15) is 14.7 Å². The average Bonchev–Trinajstić information content (AvgIpc) is 2.31. The van der Waals surface area contributed by atoms with Gasteiger partial charge in [-0.05, 0) is 25.0 Å². The standard InChI is InChI=1S/C14H28N2O3S/c1-10(9-20-6)16(5)13(19)15-8-11(12(17)18)7-14(2,3)4/h10-11H,7-9H2,1-6H3,(H,15,19)(H,17,18). The van der Waals surface area contributed by atoms with Gasteiger partial charge < -0.3 is 15.3 Å². The van der Waals surface area contributed by atoms with Crippen molar-refractivity contribution in [1.29, 1.82) is 0 Å². The number of aliphatic carboxylic acids is 1. The lowest BCUT2D eigenvalue weighted by atomic mass is 9.84. The molecule has 2 N–H and O–H groups in total.